The van der Waals surface area contributed by atoms with Crippen LogP contribution in [0.15, 0.2) is 10.6 Å². The molecule has 4 fully saturated rings. The van der Waals surface area contributed by atoms with Crippen molar-refractivity contribution >= 4 is 11.8 Å². The molecular formula is C22H31N3O3. The summed E-state index contributed by atoms with van der Waals surface area (Å²) >= 11 is 0. The zero-order valence-corrected chi connectivity index (χ0v) is 16.9. The van der Waals surface area contributed by atoms with Gasteiger partial charge in [0.1, 0.15) is 5.76 Å². The lowest BCUT2D eigenvalue weighted by Crippen LogP contribution is -2.56. The summed E-state index contributed by atoms with van der Waals surface area (Å²) in [6, 6.07) is 2.04. The van der Waals surface area contributed by atoms with Crippen LogP contribution in [0.3, 0.4) is 0 Å². The molecule has 0 aromatic carbocycles. The largest absolute Gasteiger partial charge is 0.360 e. The Hall–Kier alpha value is -1.85. The number of piperidine rings is 1. The van der Waals surface area contributed by atoms with Gasteiger partial charge < -0.3 is 14.7 Å². The van der Waals surface area contributed by atoms with Crippen LogP contribution in [0.5, 0.6) is 0 Å². The van der Waals surface area contributed by atoms with Gasteiger partial charge in [-0.15, -0.1) is 0 Å². The van der Waals surface area contributed by atoms with E-state index in [1.165, 1.54) is 12.8 Å². The Morgan fingerprint density at radius 2 is 1.93 bits per heavy atom. The molecule has 6 heteroatoms. The molecule has 1 aliphatic heterocycles. The fourth-order valence-corrected chi connectivity index (χ4v) is 5.99. The molecule has 1 aromatic heterocycles. The van der Waals surface area contributed by atoms with E-state index in [1.807, 2.05) is 0 Å². The number of likely N-dealkylation sites (tertiary alicyclic amines) is 1. The number of carbonyl (C=O) groups excluding carboxylic acids is 2. The lowest BCUT2D eigenvalue weighted by molar-refractivity contribution is -0.154. The van der Waals surface area contributed by atoms with Crippen LogP contribution < -0.4 is 5.32 Å². The third-order valence-corrected chi connectivity index (χ3v) is 7.51. The smallest absolute Gasteiger partial charge is 0.273 e. The van der Waals surface area contributed by atoms with Crippen LogP contribution in [0, 0.1) is 17.3 Å². The molecule has 4 aliphatic rings. The van der Waals surface area contributed by atoms with Gasteiger partial charge in [0.25, 0.3) is 5.91 Å². The number of nitrogens with zero attached hydrogens (tertiary/aromatic N) is 2. The van der Waals surface area contributed by atoms with Crippen LogP contribution in [0.4, 0.5) is 0 Å². The minimum atomic E-state index is -0.160. The van der Waals surface area contributed by atoms with E-state index < -0.39 is 0 Å². The molecule has 1 unspecified atom stereocenters. The van der Waals surface area contributed by atoms with Crippen LogP contribution in [0.2, 0.25) is 0 Å². The molecule has 0 radical (unpaired) electrons. The Morgan fingerprint density at radius 3 is 2.57 bits per heavy atom. The van der Waals surface area contributed by atoms with Crippen molar-refractivity contribution in [2.24, 2.45) is 17.3 Å². The Labute approximate surface area is 166 Å². The average molecular weight is 386 g/mol. The van der Waals surface area contributed by atoms with Gasteiger partial charge in [-0.05, 0) is 69.6 Å². The van der Waals surface area contributed by atoms with Crippen molar-refractivity contribution in [2.75, 3.05) is 6.54 Å². The maximum absolute atomic E-state index is 12.9. The molecule has 3 saturated carbocycles. The molecule has 1 spiro atoms. The molecule has 1 aromatic rings. The van der Waals surface area contributed by atoms with Crippen molar-refractivity contribution in [3.8, 4) is 0 Å². The fourth-order valence-electron chi connectivity index (χ4n) is 5.99. The SMILES string of the molecule is CC1CC2(C1)CC(C(=O)N1CCC(NC(=O)c3cc(C4CC4)on3)C[C@@H]1C)C2. The Kier molecular flexibility index (Phi) is 4.29. The van der Waals surface area contributed by atoms with E-state index in [-0.39, 0.29) is 23.9 Å². The second-order valence-corrected chi connectivity index (χ2v) is 10.1. The summed E-state index contributed by atoms with van der Waals surface area (Å²) in [5.41, 5.74) is 0.884. The molecule has 5 rings (SSSR count). The van der Waals surface area contributed by atoms with E-state index in [0.29, 0.717) is 22.9 Å². The van der Waals surface area contributed by atoms with Gasteiger partial charge in [0.2, 0.25) is 5.91 Å². The minimum absolute atomic E-state index is 0.0906. The molecule has 1 saturated heterocycles. The molecule has 2 atom stereocenters. The van der Waals surface area contributed by atoms with Crippen LogP contribution in [0.1, 0.15) is 87.4 Å². The zero-order chi connectivity index (χ0) is 19.5. The highest BCUT2D eigenvalue weighted by Gasteiger charge is 2.54. The van der Waals surface area contributed by atoms with Crippen LogP contribution >= 0.6 is 0 Å². The van der Waals surface area contributed by atoms with Crippen molar-refractivity contribution in [2.45, 2.75) is 83.2 Å². The third kappa shape index (κ3) is 3.25. The maximum Gasteiger partial charge on any atom is 0.273 e. The van der Waals surface area contributed by atoms with Gasteiger partial charge in [-0.3, -0.25) is 9.59 Å². The van der Waals surface area contributed by atoms with E-state index >= 15 is 0 Å². The van der Waals surface area contributed by atoms with E-state index in [2.05, 4.69) is 29.2 Å². The number of hydrogen-bond donors (Lipinski definition) is 1. The van der Waals surface area contributed by atoms with Crippen molar-refractivity contribution in [1.82, 2.24) is 15.4 Å². The average Bonchev–Trinajstić information content (AvgIpc) is 3.33. The normalized spacial score (nSPS) is 37.3. The molecule has 152 valence electrons. The maximum atomic E-state index is 12.9. The summed E-state index contributed by atoms with van der Waals surface area (Å²) < 4.78 is 5.29. The highest BCUT2D eigenvalue weighted by molar-refractivity contribution is 5.92. The van der Waals surface area contributed by atoms with Crippen molar-refractivity contribution in [3.05, 3.63) is 17.5 Å². The number of carbonyl (C=O) groups is 2. The van der Waals surface area contributed by atoms with Gasteiger partial charge in [0, 0.05) is 36.5 Å². The fraction of sp³-hybridized carbons (Fsp3) is 0.773. The summed E-state index contributed by atoms with van der Waals surface area (Å²) in [5.74, 6) is 2.55. The van der Waals surface area contributed by atoms with Gasteiger partial charge in [-0.1, -0.05) is 12.1 Å². The molecule has 0 bridgehead atoms. The van der Waals surface area contributed by atoms with Crippen molar-refractivity contribution < 1.29 is 14.1 Å². The van der Waals surface area contributed by atoms with Crippen LogP contribution in [-0.4, -0.2) is 40.5 Å². The standard InChI is InChI=1S/C22H31N3O3/c1-13-9-22(10-13)11-16(12-22)21(27)25-6-5-17(7-14(25)2)23-20(26)18-8-19(28-24-18)15-3-4-15/h8,13-17H,3-7,9-12H2,1-2H3,(H,23,26)/t13?,14-,16?,17?,22?/m0/s1. The van der Waals surface area contributed by atoms with E-state index in [4.69, 9.17) is 4.52 Å². The van der Waals surface area contributed by atoms with Crippen LogP contribution in [0.25, 0.3) is 0 Å². The molecule has 2 amide bonds. The number of rotatable bonds is 4. The molecule has 1 N–H and O–H groups in total. The summed E-state index contributed by atoms with van der Waals surface area (Å²) in [5, 5.41) is 7.02. The van der Waals surface area contributed by atoms with E-state index in [1.54, 1.807) is 6.07 Å². The number of hydrogen-bond acceptors (Lipinski definition) is 4. The van der Waals surface area contributed by atoms with Gasteiger partial charge >= 0.3 is 0 Å². The predicted molar refractivity (Wildman–Crippen MR) is 104 cm³/mol. The first-order chi connectivity index (χ1) is 13.4. The predicted octanol–water partition coefficient (Wildman–Crippen LogP) is 3.49. The highest BCUT2D eigenvalue weighted by atomic mass is 16.5. The topological polar surface area (TPSA) is 75.4 Å². The Balaban J connectivity index is 1.11. The lowest BCUT2D eigenvalue weighted by Gasteiger charge is -2.57. The first-order valence-electron chi connectivity index (χ1n) is 11.0. The zero-order valence-electron chi connectivity index (χ0n) is 16.9. The summed E-state index contributed by atoms with van der Waals surface area (Å²) in [4.78, 5) is 27.5. The Bertz CT molecular complexity index is 770. The third-order valence-electron chi connectivity index (χ3n) is 7.51. The first kappa shape index (κ1) is 18.2. The molecule has 6 nitrogen and oxygen atoms in total. The second-order valence-electron chi connectivity index (χ2n) is 10.1. The van der Waals surface area contributed by atoms with E-state index in [9.17, 15) is 9.59 Å². The summed E-state index contributed by atoms with van der Waals surface area (Å²) in [7, 11) is 0. The lowest BCUT2D eigenvalue weighted by atomic mass is 9.48. The molecular weight excluding hydrogens is 354 g/mol. The van der Waals surface area contributed by atoms with Gasteiger partial charge in [-0.25, -0.2) is 0 Å². The minimum Gasteiger partial charge on any atom is -0.360 e. The van der Waals surface area contributed by atoms with Crippen LogP contribution in [-0.2, 0) is 4.79 Å². The van der Waals surface area contributed by atoms with E-state index in [0.717, 1.165) is 56.7 Å². The molecule has 28 heavy (non-hydrogen) atoms. The number of nitrogens with one attached hydrogen (secondary N) is 1. The molecule has 2 heterocycles. The van der Waals surface area contributed by atoms with Gasteiger partial charge in [0.05, 0.1) is 0 Å². The van der Waals surface area contributed by atoms with Crippen molar-refractivity contribution in [3.63, 3.8) is 0 Å². The monoisotopic (exact) mass is 385 g/mol. The Morgan fingerprint density at radius 1 is 1.18 bits per heavy atom. The molecule has 3 aliphatic carbocycles. The quantitative estimate of drug-likeness (QED) is 0.861. The number of aromatic nitrogens is 1. The second kappa shape index (κ2) is 6.60. The first-order valence-corrected chi connectivity index (χ1v) is 11.0. The highest BCUT2D eigenvalue weighted by Crippen LogP contribution is 2.61. The van der Waals surface area contributed by atoms with Crippen molar-refractivity contribution in [1.29, 1.82) is 0 Å². The summed E-state index contributed by atoms with van der Waals surface area (Å²) in [6.07, 6.45) is 8.67. The van der Waals surface area contributed by atoms with Gasteiger partial charge in [-0.2, -0.15) is 0 Å². The summed E-state index contributed by atoms with van der Waals surface area (Å²) in [6.45, 7) is 5.15. The van der Waals surface area contributed by atoms with Gasteiger partial charge in [0.15, 0.2) is 5.69 Å². The number of amides is 2.